The molecule has 11 heteroatoms. The van der Waals surface area contributed by atoms with E-state index < -0.39 is 67.4 Å². The maximum Gasteiger partial charge on any atom is 0.306 e. The molecule has 0 aromatic carbocycles. The normalized spacial score (nSPS) is 19.7. The van der Waals surface area contributed by atoms with Crippen LogP contribution in [0, 0.1) is 0 Å². The van der Waals surface area contributed by atoms with Crippen LogP contribution in [-0.4, -0.2) is 99.6 Å². The topological polar surface area (TPSA) is 175 Å². The Kier molecular flexibility index (Phi) is 47.4. The van der Waals surface area contributed by atoms with Crippen molar-refractivity contribution in [3.8, 4) is 0 Å². The van der Waals surface area contributed by atoms with Gasteiger partial charge in [0.1, 0.15) is 24.4 Å². The Morgan fingerprint density at radius 2 is 0.945 bits per heavy atom. The highest BCUT2D eigenvalue weighted by Crippen LogP contribution is 2.26. The van der Waals surface area contributed by atoms with E-state index >= 15 is 0 Å². The van der Waals surface area contributed by atoms with E-state index in [1.54, 1.807) is 6.08 Å². The van der Waals surface area contributed by atoms with Gasteiger partial charge in [0.2, 0.25) is 5.91 Å². The molecule has 0 aromatic heterocycles. The van der Waals surface area contributed by atoms with E-state index in [1.165, 1.54) is 148 Å². The molecule has 1 saturated heterocycles. The molecule has 11 nitrogen and oxygen atoms in total. The minimum Gasteiger partial charge on any atom is -0.454 e. The van der Waals surface area contributed by atoms with Gasteiger partial charge in [-0.25, -0.2) is 0 Å². The van der Waals surface area contributed by atoms with Crippen molar-refractivity contribution in [3.63, 3.8) is 0 Å². The van der Waals surface area contributed by atoms with Gasteiger partial charge in [-0.2, -0.15) is 0 Å². The highest BCUT2D eigenvalue weighted by Gasteiger charge is 2.47. The van der Waals surface area contributed by atoms with Crippen LogP contribution in [-0.2, 0) is 23.8 Å². The minimum atomic E-state index is -1.62. The Balaban J connectivity index is 2.67. The fourth-order valence-corrected chi connectivity index (χ4v) is 9.32. The number of esters is 1. The number of hydrogen-bond acceptors (Lipinski definition) is 10. The number of aliphatic hydroxyl groups excluding tert-OH is 5. The molecule has 1 rings (SSSR count). The van der Waals surface area contributed by atoms with Gasteiger partial charge in [0.15, 0.2) is 12.4 Å². The molecular formula is C62H113NO10. The van der Waals surface area contributed by atoms with E-state index in [0.29, 0.717) is 12.8 Å². The van der Waals surface area contributed by atoms with Crippen molar-refractivity contribution < 1.29 is 49.3 Å². The van der Waals surface area contributed by atoms with Crippen molar-refractivity contribution in [3.05, 3.63) is 48.6 Å². The van der Waals surface area contributed by atoms with Crippen molar-refractivity contribution in [1.29, 1.82) is 0 Å². The number of carbonyl (C=O) groups is 2. The van der Waals surface area contributed by atoms with Crippen LogP contribution in [0.5, 0.6) is 0 Å². The summed E-state index contributed by atoms with van der Waals surface area (Å²) in [5.41, 5.74) is 0. The van der Waals surface area contributed by atoms with Gasteiger partial charge in [-0.3, -0.25) is 9.59 Å². The van der Waals surface area contributed by atoms with E-state index in [1.807, 2.05) is 6.08 Å². The Hall–Kier alpha value is -2.38. The van der Waals surface area contributed by atoms with Crippen molar-refractivity contribution in [2.45, 2.75) is 320 Å². The molecule has 1 heterocycles. The lowest BCUT2D eigenvalue weighted by Gasteiger charge is -2.41. The van der Waals surface area contributed by atoms with Gasteiger partial charge < -0.3 is 45.1 Å². The maximum absolute atomic E-state index is 13.4. The second-order valence-corrected chi connectivity index (χ2v) is 21.1. The fraction of sp³-hybridized carbons (Fsp3) is 0.839. The molecule has 1 aliphatic rings. The van der Waals surface area contributed by atoms with E-state index in [0.717, 1.165) is 77.0 Å². The third-order valence-corrected chi connectivity index (χ3v) is 14.2. The van der Waals surface area contributed by atoms with Gasteiger partial charge in [-0.15, -0.1) is 0 Å². The van der Waals surface area contributed by atoms with Gasteiger partial charge in [0, 0.05) is 6.42 Å². The molecule has 426 valence electrons. The summed E-state index contributed by atoms with van der Waals surface area (Å²) < 4.78 is 17.6. The van der Waals surface area contributed by atoms with E-state index in [9.17, 15) is 35.1 Å². The van der Waals surface area contributed by atoms with Crippen molar-refractivity contribution in [1.82, 2.24) is 5.32 Å². The molecule has 73 heavy (non-hydrogen) atoms. The van der Waals surface area contributed by atoms with E-state index in [-0.39, 0.29) is 19.4 Å². The Morgan fingerprint density at radius 3 is 1.44 bits per heavy atom. The lowest BCUT2D eigenvalue weighted by Crippen LogP contribution is -2.61. The SMILES string of the molecule is CCCCC/C=C\C/C=C\CCCCCCCCCCCCC(O)C(=O)NC(COC1OC(CO)C(O)C(O)C1OC(=O)CCCCC/C=C\CCCCCCCC)C(O)/C=C/CCCCCCCCCCC. The van der Waals surface area contributed by atoms with Crippen LogP contribution in [0.1, 0.15) is 271 Å². The number of ether oxygens (including phenoxy) is 3. The van der Waals surface area contributed by atoms with Crippen molar-refractivity contribution >= 4 is 11.9 Å². The second-order valence-electron chi connectivity index (χ2n) is 21.1. The summed E-state index contributed by atoms with van der Waals surface area (Å²) >= 11 is 0. The number of hydrogen-bond donors (Lipinski definition) is 6. The van der Waals surface area contributed by atoms with Crippen LogP contribution < -0.4 is 5.32 Å². The molecule has 0 aromatic rings. The molecule has 1 fully saturated rings. The van der Waals surface area contributed by atoms with Crippen LogP contribution in [0.25, 0.3) is 0 Å². The Bertz CT molecular complexity index is 1370. The number of aliphatic hydroxyl groups is 5. The summed E-state index contributed by atoms with van der Waals surface area (Å²) in [5.74, 6) is -1.21. The van der Waals surface area contributed by atoms with E-state index in [4.69, 9.17) is 14.2 Å². The van der Waals surface area contributed by atoms with Gasteiger partial charge in [0.25, 0.3) is 0 Å². The highest BCUT2D eigenvalue weighted by molar-refractivity contribution is 5.80. The predicted molar refractivity (Wildman–Crippen MR) is 301 cm³/mol. The van der Waals surface area contributed by atoms with Crippen LogP contribution in [0.2, 0.25) is 0 Å². The minimum absolute atomic E-state index is 0.104. The zero-order chi connectivity index (χ0) is 53.3. The van der Waals surface area contributed by atoms with Crippen molar-refractivity contribution in [2.75, 3.05) is 13.2 Å². The Labute approximate surface area is 446 Å². The lowest BCUT2D eigenvalue weighted by atomic mass is 9.99. The second kappa shape index (κ2) is 50.4. The lowest BCUT2D eigenvalue weighted by molar-refractivity contribution is -0.305. The smallest absolute Gasteiger partial charge is 0.306 e. The summed E-state index contributed by atoms with van der Waals surface area (Å²) in [6.45, 7) is 5.74. The first-order valence-corrected chi connectivity index (χ1v) is 30.4. The number of amides is 1. The van der Waals surface area contributed by atoms with Gasteiger partial charge in [-0.05, 0) is 83.5 Å². The van der Waals surface area contributed by atoms with Crippen LogP contribution >= 0.6 is 0 Å². The molecule has 0 radical (unpaired) electrons. The molecule has 8 unspecified atom stereocenters. The molecule has 0 aliphatic carbocycles. The quantitative estimate of drug-likeness (QED) is 0.0195. The number of allylic oxidation sites excluding steroid dienone is 7. The molecule has 8 atom stereocenters. The summed E-state index contributed by atoms with van der Waals surface area (Å²) in [5, 5.41) is 56.9. The maximum atomic E-state index is 13.4. The molecule has 0 spiro atoms. The number of rotatable bonds is 51. The molecule has 1 aliphatic heterocycles. The molecule has 6 N–H and O–H groups in total. The van der Waals surface area contributed by atoms with Crippen LogP contribution in [0.15, 0.2) is 48.6 Å². The standard InChI is InChI=1S/C62H113NO10/c1-4-7-10-13-16-19-22-24-25-26-27-28-29-30-32-34-37-40-43-46-49-55(66)61(70)63-53(54(65)48-45-42-39-36-33-21-18-15-12-9-6-3)52-71-62-60(59(69)58(68)56(51-64)72-62)73-57(67)50-47-44-41-38-35-31-23-20-17-14-11-8-5-2/h16,19,24-25,31,35,45,48,53-56,58-60,62,64-66,68-69H,4-15,17-18,20-23,26-30,32-34,36-44,46-47,49-52H2,1-3H3,(H,63,70)/b19-16-,25-24-,35-31-,48-45+. The van der Waals surface area contributed by atoms with E-state index in [2.05, 4.69) is 62.5 Å². The van der Waals surface area contributed by atoms with Crippen LogP contribution in [0.4, 0.5) is 0 Å². The zero-order valence-electron chi connectivity index (χ0n) is 47.0. The average molecular weight is 1030 g/mol. The highest BCUT2D eigenvalue weighted by atomic mass is 16.7. The average Bonchev–Trinajstić information content (AvgIpc) is 3.39. The number of nitrogens with one attached hydrogen (secondary N) is 1. The molecule has 0 bridgehead atoms. The third kappa shape index (κ3) is 38.8. The summed E-state index contributed by atoms with van der Waals surface area (Å²) in [7, 11) is 0. The number of carbonyl (C=O) groups excluding carboxylic acids is 2. The summed E-state index contributed by atoms with van der Waals surface area (Å²) in [6, 6.07) is -1.03. The predicted octanol–water partition coefficient (Wildman–Crippen LogP) is 14.1. The Morgan fingerprint density at radius 1 is 0.534 bits per heavy atom. The zero-order valence-corrected chi connectivity index (χ0v) is 47.0. The first kappa shape index (κ1) is 68.6. The fourth-order valence-electron chi connectivity index (χ4n) is 9.32. The first-order valence-electron chi connectivity index (χ1n) is 30.4. The third-order valence-electron chi connectivity index (χ3n) is 14.2. The molecule has 0 saturated carbocycles. The van der Waals surface area contributed by atoms with Gasteiger partial charge in [-0.1, -0.05) is 230 Å². The first-order chi connectivity index (χ1) is 35.7. The molecular weight excluding hydrogens is 919 g/mol. The summed E-state index contributed by atoms with van der Waals surface area (Å²) in [6.07, 6.45) is 50.1. The van der Waals surface area contributed by atoms with Gasteiger partial charge in [0.05, 0.1) is 25.4 Å². The summed E-state index contributed by atoms with van der Waals surface area (Å²) in [4.78, 5) is 26.5. The monoisotopic (exact) mass is 1030 g/mol. The number of unbranched alkanes of at least 4 members (excludes halogenated alkanes) is 31. The van der Waals surface area contributed by atoms with Crippen LogP contribution in [0.3, 0.4) is 0 Å². The molecule has 1 amide bonds. The van der Waals surface area contributed by atoms with Gasteiger partial charge >= 0.3 is 5.97 Å². The van der Waals surface area contributed by atoms with Crippen molar-refractivity contribution in [2.24, 2.45) is 0 Å². The largest absolute Gasteiger partial charge is 0.454 e.